The summed E-state index contributed by atoms with van der Waals surface area (Å²) in [6, 6.07) is 14.4. The molecular weight excluding hydrogens is 362 g/mol. The van der Waals surface area contributed by atoms with Gasteiger partial charge in [-0.1, -0.05) is 12.1 Å². The van der Waals surface area contributed by atoms with Crippen LogP contribution in [0.15, 0.2) is 68.2 Å². The van der Waals surface area contributed by atoms with Crippen molar-refractivity contribution in [2.45, 2.75) is 6.92 Å². The molecular formula is C21H15NO6. The smallest absolute Gasteiger partial charge is 0.338 e. The number of para-hydroxylation sites is 1. The van der Waals surface area contributed by atoms with Gasteiger partial charge in [-0.3, -0.25) is 9.59 Å². The lowest BCUT2D eigenvalue weighted by Gasteiger charge is -2.05. The van der Waals surface area contributed by atoms with Gasteiger partial charge >= 0.3 is 11.7 Å². The highest BCUT2D eigenvalue weighted by Crippen LogP contribution is 2.22. The Morgan fingerprint density at radius 1 is 1.00 bits per heavy atom. The Kier molecular flexibility index (Phi) is 4.41. The number of benzene rings is 2. The highest BCUT2D eigenvalue weighted by Gasteiger charge is 2.18. The zero-order valence-corrected chi connectivity index (χ0v) is 14.9. The van der Waals surface area contributed by atoms with Crippen LogP contribution in [0.1, 0.15) is 27.8 Å². The number of carbonyl (C=O) groups is 2. The molecule has 140 valence electrons. The number of hydrogen-bond donors (Lipinski definition) is 1. The summed E-state index contributed by atoms with van der Waals surface area (Å²) in [5, 5.41) is 3.26. The third kappa shape index (κ3) is 3.14. The summed E-state index contributed by atoms with van der Waals surface area (Å²) in [5.74, 6) is -1.04. The lowest BCUT2D eigenvalue weighted by atomic mass is 10.2. The summed E-state index contributed by atoms with van der Waals surface area (Å²) < 4.78 is 15.9. The maximum atomic E-state index is 12.5. The van der Waals surface area contributed by atoms with E-state index in [0.717, 1.165) is 0 Å². The first-order chi connectivity index (χ1) is 13.6. The third-order valence-electron chi connectivity index (χ3n) is 4.15. The number of ether oxygens (including phenoxy) is 1. The van der Waals surface area contributed by atoms with Crippen LogP contribution in [-0.4, -0.2) is 18.5 Å². The molecule has 0 bridgehead atoms. The van der Waals surface area contributed by atoms with Crippen LogP contribution in [0.4, 0.5) is 5.69 Å². The summed E-state index contributed by atoms with van der Waals surface area (Å²) in [6.07, 6.45) is 0. The summed E-state index contributed by atoms with van der Waals surface area (Å²) in [6.45, 7) is 2.01. The van der Waals surface area contributed by atoms with E-state index in [0.29, 0.717) is 22.2 Å². The Morgan fingerprint density at radius 3 is 2.50 bits per heavy atom. The Morgan fingerprint density at radius 2 is 1.75 bits per heavy atom. The molecule has 4 rings (SSSR count). The van der Waals surface area contributed by atoms with Gasteiger partial charge in [-0.15, -0.1) is 0 Å². The molecule has 2 aromatic heterocycles. The number of carbonyl (C=O) groups excluding carboxylic acids is 2. The highest BCUT2D eigenvalue weighted by atomic mass is 16.5. The maximum absolute atomic E-state index is 12.5. The number of hydrogen-bond acceptors (Lipinski definition) is 6. The molecule has 0 unspecified atom stereocenters. The van der Waals surface area contributed by atoms with Gasteiger partial charge in [0.25, 0.3) is 5.91 Å². The van der Waals surface area contributed by atoms with E-state index >= 15 is 0 Å². The molecule has 0 radical (unpaired) electrons. The Balaban J connectivity index is 1.60. The van der Waals surface area contributed by atoms with Gasteiger partial charge in [0.2, 0.25) is 5.43 Å². The fraction of sp³-hybridized carbons (Fsp3) is 0.0952. The molecule has 4 aromatic rings. The molecule has 0 saturated heterocycles. The molecule has 0 spiro atoms. The van der Waals surface area contributed by atoms with Crippen LogP contribution in [0.5, 0.6) is 0 Å². The SMILES string of the molecule is CCOC(=O)c1ccc(NC(=O)c2cc3c(=O)c4ccccc4oc3o2)cc1. The van der Waals surface area contributed by atoms with Gasteiger partial charge in [-0.2, -0.15) is 0 Å². The van der Waals surface area contributed by atoms with Crippen molar-refractivity contribution in [3.8, 4) is 0 Å². The average molecular weight is 377 g/mol. The normalized spacial score (nSPS) is 10.9. The van der Waals surface area contributed by atoms with Gasteiger partial charge in [-0.05, 0) is 43.3 Å². The number of nitrogens with one attached hydrogen (secondary N) is 1. The number of rotatable bonds is 4. The second-order valence-corrected chi connectivity index (χ2v) is 5.99. The topological polar surface area (TPSA) is 98.8 Å². The molecule has 1 amide bonds. The first-order valence-corrected chi connectivity index (χ1v) is 8.60. The molecule has 2 aromatic carbocycles. The van der Waals surface area contributed by atoms with Gasteiger partial charge in [0.1, 0.15) is 11.0 Å². The van der Waals surface area contributed by atoms with Gasteiger partial charge in [0, 0.05) is 11.8 Å². The van der Waals surface area contributed by atoms with Crippen molar-refractivity contribution < 1.29 is 23.2 Å². The summed E-state index contributed by atoms with van der Waals surface area (Å²) in [4.78, 5) is 36.7. The molecule has 1 N–H and O–H groups in total. The minimum absolute atomic E-state index is 0.00786. The molecule has 7 heteroatoms. The monoisotopic (exact) mass is 377 g/mol. The zero-order chi connectivity index (χ0) is 19.7. The van der Waals surface area contributed by atoms with Gasteiger partial charge < -0.3 is 18.9 Å². The van der Waals surface area contributed by atoms with Crippen molar-refractivity contribution in [2.75, 3.05) is 11.9 Å². The molecule has 2 heterocycles. The van der Waals surface area contributed by atoms with E-state index < -0.39 is 11.9 Å². The number of esters is 1. The molecule has 28 heavy (non-hydrogen) atoms. The van der Waals surface area contributed by atoms with Gasteiger partial charge in [0.05, 0.1) is 17.6 Å². The van der Waals surface area contributed by atoms with Crippen LogP contribution >= 0.6 is 0 Å². The predicted molar refractivity (Wildman–Crippen MR) is 103 cm³/mol. The first kappa shape index (κ1) is 17.5. The van der Waals surface area contributed by atoms with E-state index in [9.17, 15) is 14.4 Å². The lowest BCUT2D eigenvalue weighted by Crippen LogP contribution is -2.11. The Bertz CT molecular complexity index is 1250. The fourth-order valence-corrected chi connectivity index (χ4v) is 2.81. The average Bonchev–Trinajstić information content (AvgIpc) is 3.13. The van der Waals surface area contributed by atoms with Gasteiger partial charge in [-0.25, -0.2) is 4.79 Å². The second-order valence-electron chi connectivity index (χ2n) is 5.99. The van der Waals surface area contributed by atoms with Crippen LogP contribution in [0.25, 0.3) is 22.1 Å². The predicted octanol–water partition coefficient (Wildman–Crippen LogP) is 3.97. The van der Waals surface area contributed by atoms with Crippen LogP contribution < -0.4 is 10.7 Å². The van der Waals surface area contributed by atoms with Crippen LogP contribution in [-0.2, 0) is 4.74 Å². The molecule has 0 atom stereocenters. The van der Waals surface area contributed by atoms with Crippen LogP contribution in [0, 0.1) is 0 Å². The number of furan rings is 1. The molecule has 0 aliphatic carbocycles. The minimum atomic E-state index is -0.543. The standard InChI is InChI=1S/C21H15NO6/c1-2-26-20(25)12-7-9-13(10-8-12)22-19(24)17-11-15-18(23)14-5-3-4-6-16(14)27-21(15)28-17/h3-11H,2H2,1H3,(H,22,24). The Hall–Kier alpha value is -3.87. The molecule has 7 nitrogen and oxygen atoms in total. The minimum Gasteiger partial charge on any atom is -0.462 e. The highest BCUT2D eigenvalue weighted by molar-refractivity contribution is 6.05. The van der Waals surface area contributed by atoms with Crippen LogP contribution in [0.3, 0.4) is 0 Å². The zero-order valence-electron chi connectivity index (χ0n) is 14.9. The third-order valence-corrected chi connectivity index (χ3v) is 4.15. The van der Waals surface area contributed by atoms with Crippen molar-refractivity contribution in [1.29, 1.82) is 0 Å². The van der Waals surface area contributed by atoms with Crippen molar-refractivity contribution in [2.24, 2.45) is 0 Å². The molecule has 0 aliphatic rings. The van der Waals surface area contributed by atoms with Crippen LogP contribution in [0.2, 0.25) is 0 Å². The van der Waals surface area contributed by atoms with E-state index in [1.165, 1.54) is 6.07 Å². The van der Waals surface area contributed by atoms with Crippen molar-refractivity contribution in [3.63, 3.8) is 0 Å². The van der Waals surface area contributed by atoms with E-state index in [4.69, 9.17) is 13.6 Å². The van der Waals surface area contributed by atoms with E-state index in [2.05, 4.69) is 5.32 Å². The van der Waals surface area contributed by atoms with E-state index in [1.54, 1.807) is 55.5 Å². The second kappa shape index (κ2) is 7.03. The summed E-state index contributed by atoms with van der Waals surface area (Å²) in [7, 11) is 0. The number of fused-ring (bicyclic) bond motifs is 2. The van der Waals surface area contributed by atoms with E-state index in [1.807, 2.05) is 0 Å². The fourth-order valence-electron chi connectivity index (χ4n) is 2.81. The van der Waals surface area contributed by atoms with Crippen molar-refractivity contribution in [1.82, 2.24) is 0 Å². The lowest BCUT2D eigenvalue weighted by molar-refractivity contribution is 0.0526. The number of amides is 1. The maximum Gasteiger partial charge on any atom is 0.338 e. The van der Waals surface area contributed by atoms with Crippen molar-refractivity contribution in [3.05, 3.63) is 76.1 Å². The quantitative estimate of drug-likeness (QED) is 0.540. The van der Waals surface area contributed by atoms with Gasteiger partial charge in [0.15, 0.2) is 5.76 Å². The Labute approximate surface area is 158 Å². The summed E-state index contributed by atoms with van der Waals surface area (Å²) in [5.41, 5.74) is 0.960. The summed E-state index contributed by atoms with van der Waals surface area (Å²) >= 11 is 0. The first-order valence-electron chi connectivity index (χ1n) is 8.60. The number of anilines is 1. The van der Waals surface area contributed by atoms with E-state index in [-0.39, 0.29) is 29.0 Å². The molecule has 0 saturated carbocycles. The molecule has 0 fully saturated rings. The molecule has 0 aliphatic heterocycles. The van der Waals surface area contributed by atoms with Crippen molar-refractivity contribution >= 4 is 39.7 Å². The largest absolute Gasteiger partial charge is 0.462 e.